The number of fused-ring (bicyclic) bond motifs is 4. The van der Waals surface area contributed by atoms with Gasteiger partial charge in [0.05, 0.1) is 16.8 Å². The molecule has 1 aromatic heterocycles. The molecule has 0 aliphatic carbocycles. The Morgan fingerprint density at radius 3 is 1.75 bits per heavy atom. The van der Waals surface area contributed by atoms with E-state index in [4.69, 9.17) is 0 Å². The first-order chi connectivity index (χ1) is 18.4. The normalized spacial score (nSPS) is 13.5. The van der Waals surface area contributed by atoms with Gasteiger partial charge in [-0.05, 0) is 59.7 Å². The molecule has 4 aromatic carbocycles. The van der Waals surface area contributed by atoms with Crippen LogP contribution in [0.2, 0.25) is 0 Å². The van der Waals surface area contributed by atoms with Crippen molar-refractivity contribution >= 4 is 32.4 Å². The first-order valence-corrected chi connectivity index (χ1v) is 11.6. The SMILES string of the molecule is Cc1cc(C)cc(-c2ncnc3c(C(F)(C(F)(F)F)C(F)(F)F)c4ccc5c(C(F)(F)F)cccc5c4cc23)c1. The lowest BCUT2D eigenvalue weighted by Crippen LogP contribution is -2.50. The number of hydrogen-bond donors (Lipinski definition) is 0. The molecular weight excluding hydrogens is 554 g/mol. The average Bonchev–Trinajstić information content (AvgIpc) is 2.83. The van der Waals surface area contributed by atoms with Gasteiger partial charge in [-0.2, -0.15) is 39.5 Å². The molecule has 208 valence electrons. The van der Waals surface area contributed by atoms with Crippen molar-refractivity contribution in [1.29, 1.82) is 0 Å². The number of alkyl halides is 10. The van der Waals surface area contributed by atoms with Crippen LogP contribution < -0.4 is 0 Å². The Morgan fingerprint density at radius 1 is 0.575 bits per heavy atom. The molecule has 1 heterocycles. The fraction of sp³-hybridized carbons (Fsp3) is 0.214. The lowest BCUT2D eigenvalue weighted by Gasteiger charge is -2.32. The van der Waals surface area contributed by atoms with E-state index in [2.05, 4.69) is 9.97 Å². The largest absolute Gasteiger partial charge is 0.436 e. The first-order valence-electron chi connectivity index (χ1n) is 11.6. The second-order valence-electron chi connectivity index (χ2n) is 9.46. The van der Waals surface area contributed by atoms with Crippen LogP contribution in [0.15, 0.2) is 60.9 Å². The number of aromatic nitrogens is 2. The lowest BCUT2D eigenvalue weighted by molar-refractivity contribution is -0.347. The summed E-state index contributed by atoms with van der Waals surface area (Å²) in [5.74, 6) is 0. The Balaban J connectivity index is 2.08. The minimum Gasteiger partial charge on any atom is -0.236 e. The van der Waals surface area contributed by atoms with E-state index in [0.717, 1.165) is 36.7 Å². The van der Waals surface area contributed by atoms with Crippen LogP contribution in [-0.4, -0.2) is 22.3 Å². The van der Waals surface area contributed by atoms with Crippen molar-refractivity contribution in [2.24, 2.45) is 0 Å². The summed E-state index contributed by atoms with van der Waals surface area (Å²) < 4.78 is 142. The third kappa shape index (κ3) is 4.11. The van der Waals surface area contributed by atoms with E-state index in [-0.39, 0.29) is 16.6 Å². The molecule has 0 aliphatic rings. The van der Waals surface area contributed by atoms with Crippen LogP contribution in [0.1, 0.15) is 22.3 Å². The number of benzene rings is 4. The van der Waals surface area contributed by atoms with Crippen LogP contribution in [0.5, 0.6) is 0 Å². The van der Waals surface area contributed by atoms with Gasteiger partial charge in [0, 0.05) is 16.5 Å². The predicted molar refractivity (Wildman–Crippen MR) is 129 cm³/mol. The highest BCUT2D eigenvalue weighted by atomic mass is 19.4. The zero-order valence-electron chi connectivity index (χ0n) is 20.4. The third-order valence-corrected chi connectivity index (χ3v) is 6.71. The molecule has 5 rings (SSSR count). The molecule has 0 amide bonds. The van der Waals surface area contributed by atoms with E-state index < -0.39 is 62.4 Å². The van der Waals surface area contributed by atoms with E-state index in [1.807, 2.05) is 0 Å². The van der Waals surface area contributed by atoms with Gasteiger partial charge in [0.1, 0.15) is 6.33 Å². The molecule has 0 N–H and O–H groups in total. The van der Waals surface area contributed by atoms with Crippen molar-refractivity contribution in [3.8, 4) is 11.3 Å². The summed E-state index contributed by atoms with van der Waals surface area (Å²) in [5, 5.41) is -2.54. The number of rotatable bonds is 2. The van der Waals surface area contributed by atoms with Crippen molar-refractivity contribution in [3.63, 3.8) is 0 Å². The van der Waals surface area contributed by atoms with Gasteiger partial charge in [-0.15, -0.1) is 0 Å². The van der Waals surface area contributed by atoms with Crippen LogP contribution >= 0.6 is 0 Å². The second-order valence-corrected chi connectivity index (χ2v) is 9.46. The highest BCUT2D eigenvalue weighted by molar-refractivity contribution is 6.16. The van der Waals surface area contributed by atoms with E-state index in [0.29, 0.717) is 17.2 Å². The van der Waals surface area contributed by atoms with Crippen LogP contribution in [0.4, 0.5) is 43.9 Å². The first kappa shape index (κ1) is 27.6. The molecule has 5 aromatic rings. The summed E-state index contributed by atoms with van der Waals surface area (Å²) >= 11 is 0. The maximum absolute atomic E-state index is 15.8. The molecule has 12 heteroatoms. The van der Waals surface area contributed by atoms with Gasteiger partial charge < -0.3 is 0 Å². The van der Waals surface area contributed by atoms with Gasteiger partial charge >= 0.3 is 24.2 Å². The smallest absolute Gasteiger partial charge is 0.236 e. The van der Waals surface area contributed by atoms with E-state index >= 15 is 4.39 Å². The highest BCUT2D eigenvalue weighted by Gasteiger charge is 2.74. The summed E-state index contributed by atoms with van der Waals surface area (Å²) in [5.41, 5.74) is -8.37. The van der Waals surface area contributed by atoms with Gasteiger partial charge in [0.15, 0.2) is 0 Å². The molecule has 40 heavy (non-hydrogen) atoms. The van der Waals surface area contributed by atoms with Crippen molar-refractivity contribution in [2.45, 2.75) is 38.0 Å². The van der Waals surface area contributed by atoms with E-state index in [1.54, 1.807) is 32.0 Å². The van der Waals surface area contributed by atoms with E-state index in [9.17, 15) is 39.5 Å². The molecule has 0 aliphatic heterocycles. The van der Waals surface area contributed by atoms with Crippen LogP contribution in [0, 0.1) is 13.8 Å². The Labute approximate surface area is 219 Å². The third-order valence-electron chi connectivity index (χ3n) is 6.71. The Hall–Kier alpha value is -3.96. The quantitative estimate of drug-likeness (QED) is 0.120. The Morgan fingerprint density at radius 2 is 1.18 bits per heavy atom. The number of aryl methyl sites for hydroxylation is 2. The summed E-state index contributed by atoms with van der Waals surface area (Å²) in [4.78, 5) is 7.74. The zero-order chi connectivity index (χ0) is 29.4. The zero-order valence-corrected chi connectivity index (χ0v) is 20.4. The Kier molecular flexibility index (Phi) is 6.05. The molecule has 0 bridgehead atoms. The van der Waals surface area contributed by atoms with Gasteiger partial charge in [-0.3, -0.25) is 0 Å². The molecular formula is C28H16F10N2. The number of nitrogens with zero attached hydrogens (tertiary/aromatic N) is 2. The van der Waals surface area contributed by atoms with Gasteiger partial charge in [0.25, 0.3) is 0 Å². The van der Waals surface area contributed by atoms with Crippen molar-refractivity contribution in [2.75, 3.05) is 0 Å². The standard InChI is InChI=1S/C28H16F10N2/c1-13-8-14(2)10-15(9-13)23-20-11-19-16-4-3-5-21(26(30,31)32)17(16)6-7-18(19)22(24(20)40-12-39-23)25(29,27(33,34)35)28(36,37)38/h3-12H,1-2H3. The minimum atomic E-state index is -6.50. The molecule has 0 unspecified atom stereocenters. The molecule has 0 atom stereocenters. The number of halogens is 10. The maximum Gasteiger partial charge on any atom is 0.436 e. The summed E-state index contributed by atoms with van der Waals surface area (Å²) in [6, 6.07) is 10.2. The van der Waals surface area contributed by atoms with Gasteiger partial charge in [-0.1, -0.05) is 41.5 Å². The van der Waals surface area contributed by atoms with Crippen LogP contribution in [0.3, 0.4) is 0 Å². The predicted octanol–water partition coefficient (Wildman–Crippen LogP) is 9.53. The molecule has 2 nitrogen and oxygen atoms in total. The highest BCUT2D eigenvalue weighted by Crippen LogP contribution is 2.57. The molecule has 0 saturated heterocycles. The van der Waals surface area contributed by atoms with Crippen LogP contribution in [0.25, 0.3) is 43.7 Å². The van der Waals surface area contributed by atoms with Crippen molar-refractivity contribution < 1.29 is 43.9 Å². The average molecular weight is 570 g/mol. The monoisotopic (exact) mass is 570 g/mol. The molecule has 0 radical (unpaired) electrons. The summed E-state index contributed by atoms with van der Waals surface area (Å²) in [7, 11) is 0. The molecule has 0 saturated carbocycles. The fourth-order valence-corrected chi connectivity index (χ4v) is 5.14. The number of hydrogen-bond acceptors (Lipinski definition) is 2. The van der Waals surface area contributed by atoms with E-state index in [1.165, 1.54) is 0 Å². The lowest BCUT2D eigenvalue weighted by atomic mass is 9.84. The molecule has 0 fully saturated rings. The van der Waals surface area contributed by atoms with Crippen molar-refractivity contribution in [3.05, 3.63) is 83.2 Å². The van der Waals surface area contributed by atoms with Crippen molar-refractivity contribution in [1.82, 2.24) is 9.97 Å². The summed E-state index contributed by atoms with van der Waals surface area (Å²) in [6.45, 7) is 3.40. The summed E-state index contributed by atoms with van der Waals surface area (Å²) in [6.07, 6.45) is -17.2. The van der Waals surface area contributed by atoms with Crippen LogP contribution in [-0.2, 0) is 11.8 Å². The molecule has 0 spiro atoms. The maximum atomic E-state index is 15.8. The fourth-order valence-electron chi connectivity index (χ4n) is 5.14. The van der Waals surface area contributed by atoms with Gasteiger partial charge in [-0.25, -0.2) is 14.4 Å². The minimum absolute atomic E-state index is 0.115. The Bertz CT molecular complexity index is 1770. The topological polar surface area (TPSA) is 25.8 Å². The van der Waals surface area contributed by atoms with Gasteiger partial charge in [0.2, 0.25) is 0 Å². The second kappa shape index (κ2) is 8.77.